The van der Waals surface area contributed by atoms with E-state index in [2.05, 4.69) is 40.2 Å². The number of carboxylic acids is 1. The molecule has 0 aliphatic heterocycles. The molecule has 0 saturated carbocycles. The molecule has 0 aliphatic rings. The van der Waals surface area contributed by atoms with Crippen molar-refractivity contribution in [2.24, 2.45) is 10.9 Å². The number of nitrogens with zero attached hydrogens (tertiary/aromatic N) is 1. The third-order valence-electron chi connectivity index (χ3n) is 4.86. The molecule has 2 aromatic carbocycles. The largest absolute Gasteiger partial charge is 1.00 e. The third-order valence-corrected chi connectivity index (χ3v) is 4.86. The van der Waals surface area contributed by atoms with Crippen LogP contribution in [0.4, 0.5) is 0 Å². The Hall–Kier alpha value is -1.57. The Morgan fingerprint density at radius 2 is 1.74 bits per heavy atom. The second-order valence-electron chi connectivity index (χ2n) is 7.86. The summed E-state index contributed by atoms with van der Waals surface area (Å²) >= 11 is 6.89. The fourth-order valence-corrected chi connectivity index (χ4v) is 3.11. The van der Waals surface area contributed by atoms with Gasteiger partial charge in [0.15, 0.2) is 0 Å². The SMILES string of the molecule is C=CC(C=CN=C(C)NC(=O)c1cc(OC(C)c2ccccc2)cc(O[C@@H](C)COC)c1)C(=O)O.[K+].[S-]S. The average molecular weight is 585 g/mol. The number of aliphatic carboxylic acids is 1. The minimum absolute atomic E-state index is 0. The summed E-state index contributed by atoms with van der Waals surface area (Å²) in [5.74, 6) is -1.10. The second kappa shape index (κ2) is 20.3. The normalized spacial score (nSPS) is 13.2. The maximum Gasteiger partial charge on any atom is 1.00 e. The Balaban J connectivity index is 0.00000445. The minimum Gasteiger partial charge on any atom is -0.723 e. The Kier molecular flexibility index (Phi) is 19.5. The Bertz CT molecular complexity index is 1080. The summed E-state index contributed by atoms with van der Waals surface area (Å²) in [6.07, 6.45) is 3.49. The molecule has 2 rings (SSSR count). The molecule has 0 fully saturated rings. The van der Waals surface area contributed by atoms with E-state index >= 15 is 0 Å². The molecule has 3 atom stereocenters. The molecule has 1 amide bonds. The van der Waals surface area contributed by atoms with Crippen molar-refractivity contribution in [2.45, 2.75) is 33.0 Å². The number of hydrogen-bond acceptors (Lipinski definition) is 8. The smallest absolute Gasteiger partial charge is 0.723 e. The molecular formula is C27H33KN2O6S2. The number of carboxylic acid groups (broad SMARTS) is 1. The second-order valence-corrected chi connectivity index (χ2v) is 7.86. The number of aliphatic imine (C=N–C) groups is 1. The first-order valence-electron chi connectivity index (χ1n) is 11.3. The van der Waals surface area contributed by atoms with E-state index in [1.807, 2.05) is 44.2 Å². The molecular weight excluding hydrogens is 552 g/mol. The van der Waals surface area contributed by atoms with Crippen molar-refractivity contribution in [3.05, 3.63) is 84.6 Å². The molecule has 0 aromatic heterocycles. The van der Waals surface area contributed by atoms with Crippen LogP contribution in [0.15, 0.2) is 78.5 Å². The van der Waals surface area contributed by atoms with Crippen LogP contribution < -0.4 is 66.2 Å². The van der Waals surface area contributed by atoms with Crippen LogP contribution in [0.1, 0.15) is 42.8 Å². The Labute approximate surface area is 277 Å². The van der Waals surface area contributed by atoms with Crippen LogP contribution in [-0.2, 0) is 21.2 Å². The summed E-state index contributed by atoms with van der Waals surface area (Å²) in [5, 5.41) is 11.7. The zero-order valence-corrected chi connectivity index (χ0v) is 27.1. The fraction of sp³-hybridized carbons (Fsp3) is 0.296. The first-order valence-corrected chi connectivity index (χ1v) is 12.8. The molecule has 200 valence electrons. The molecule has 0 saturated heterocycles. The number of benzene rings is 2. The number of amidine groups is 1. The Morgan fingerprint density at radius 3 is 2.29 bits per heavy atom. The van der Waals surface area contributed by atoms with Crippen molar-refractivity contribution in [1.82, 2.24) is 5.32 Å². The van der Waals surface area contributed by atoms with E-state index in [1.165, 1.54) is 18.4 Å². The predicted octanol–water partition coefficient (Wildman–Crippen LogP) is 2.17. The molecule has 2 aromatic rings. The predicted molar refractivity (Wildman–Crippen MR) is 151 cm³/mol. The standard InChI is InChI=1S/C27H32N2O6.K.H2S2/c1-6-21(27(31)32)12-13-28-20(4)29-26(30)23-14-24(34-18(2)17-33-5)16-25(15-23)35-19(3)22-10-8-7-9-11-22;;1-2/h6-16,18-19,21H,1,17H2,2-5H3,(H,31,32)(H,28,29,30);;1-2H/q;+1;/p-1/t18-,19?,21?;;/m0../s1. The molecule has 0 spiro atoms. The van der Waals surface area contributed by atoms with Crippen molar-refractivity contribution in [3.8, 4) is 11.5 Å². The van der Waals surface area contributed by atoms with Gasteiger partial charge in [0.1, 0.15) is 29.5 Å². The van der Waals surface area contributed by atoms with Gasteiger partial charge in [-0.2, -0.15) is 0 Å². The number of methoxy groups -OCH3 is 1. The van der Waals surface area contributed by atoms with Gasteiger partial charge in [0.25, 0.3) is 5.91 Å². The number of ether oxygens (including phenoxy) is 3. The van der Waals surface area contributed by atoms with Crippen LogP contribution in [-0.4, -0.2) is 42.6 Å². The Morgan fingerprint density at radius 1 is 1.13 bits per heavy atom. The van der Waals surface area contributed by atoms with E-state index in [9.17, 15) is 9.59 Å². The summed E-state index contributed by atoms with van der Waals surface area (Å²) in [6.45, 7) is 9.24. The van der Waals surface area contributed by atoms with Gasteiger partial charge in [0, 0.05) is 24.9 Å². The molecule has 0 bridgehead atoms. The van der Waals surface area contributed by atoms with Crippen LogP contribution in [0.3, 0.4) is 0 Å². The van der Waals surface area contributed by atoms with E-state index in [0.29, 0.717) is 29.5 Å². The number of hydrogen-bond donors (Lipinski definition) is 3. The summed E-state index contributed by atoms with van der Waals surface area (Å²) in [4.78, 5) is 28.1. The van der Waals surface area contributed by atoms with Crippen molar-refractivity contribution in [2.75, 3.05) is 13.7 Å². The maximum atomic E-state index is 12.9. The summed E-state index contributed by atoms with van der Waals surface area (Å²) in [7, 11) is 1.59. The number of nitrogens with one attached hydrogen (secondary N) is 1. The van der Waals surface area contributed by atoms with Gasteiger partial charge < -0.3 is 48.0 Å². The quantitative estimate of drug-likeness (QED) is 0.0668. The molecule has 0 aliphatic carbocycles. The third kappa shape index (κ3) is 13.5. The zero-order chi connectivity index (χ0) is 27.8. The topological polar surface area (TPSA) is 106 Å². The van der Waals surface area contributed by atoms with Gasteiger partial charge in [-0.3, -0.25) is 9.59 Å². The molecule has 0 radical (unpaired) electrons. The number of carbonyl (C=O) groups is 2. The van der Waals surface area contributed by atoms with Gasteiger partial charge in [-0.25, -0.2) is 4.99 Å². The molecule has 11 heteroatoms. The van der Waals surface area contributed by atoms with E-state index in [-0.39, 0.29) is 63.6 Å². The first-order chi connectivity index (χ1) is 17.7. The van der Waals surface area contributed by atoms with Gasteiger partial charge in [0.05, 0.1) is 12.5 Å². The van der Waals surface area contributed by atoms with E-state index < -0.39 is 17.8 Å². The number of carbonyl (C=O) groups excluding carboxylic acids is 1. The summed E-state index contributed by atoms with van der Waals surface area (Å²) in [6, 6.07) is 14.7. The van der Waals surface area contributed by atoms with E-state index in [4.69, 9.17) is 19.3 Å². The molecule has 2 N–H and O–H groups in total. The monoisotopic (exact) mass is 584 g/mol. The molecule has 0 heterocycles. The fourth-order valence-electron chi connectivity index (χ4n) is 3.11. The first kappa shape index (κ1) is 36.4. The minimum atomic E-state index is -1.04. The summed E-state index contributed by atoms with van der Waals surface area (Å²) in [5.41, 5.74) is 1.31. The van der Waals surface area contributed by atoms with E-state index in [0.717, 1.165) is 5.56 Å². The summed E-state index contributed by atoms with van der Waals surface area (Å²) < 4.78 is 17.2. The molecule has 2 unspecified atom stereocenters. The number of thiol groups is 1. The molecule has 38 heavy (non-hydrogen) atoms. The van der Waals surface area contributed by atoms with Crippen molar-refractivity contribution in [1.29, 1.82) is 0 Å². The van der Waals surface area contributed by atoms with Crippen LogP contribution in [0.25, 0.3) is 0 Å². The van der Waals surface area contributed by atoms with Gasteiger partial charge in [0.2, 0.25) is 0 Å². The number of rotatable bonds is 12. The van der Waals surface area contributed by atoms with E-state index in [1.54, 1.807) is 32.2 Å². The van der Waals surface area contributed by atoms with Crippen LogP contribution in [0.5, 0.6) is 11.5 Å². The van der Waals surface area contributed by atoms with Gasteiger partial charge in [-0.1, -0.05) is 36.4 Å². The number of amides is 1. The van der Waals surface area contributed by atoms with Gasteiger partial charge in [-0.05, 0) is 44.5 Å². The zero-order valence-electron chi connectivity index (χ0n) is 22.3. The van der Waals surface area contributed by atoms with Crippen LogP contribution in [0.2, 0.25) is 0 Å². The van der Waals surface area contributed by atoms with Crippen molar-refractivity contribution >= 4 is 41.0 Å². The van der Waals surface area contributed by atoms with Crippen molar-refractivity contribution < 1.29 is 80.3 Å². The van der Waals surface area contributed by atoms with Crippen LogP contribution in [0, 0.1) is 5.92 Å². The molecule has 8 nitrogen and oxygen atoms in total. The van der Waals surface area contributed by atoms with Gasteiger partial charge >= 0.3 is 57.4 Å². The van der Waals surface area contributed by atoms with Crippen molar-refractivity contribution in [3.63, 3.8) is 0 Å². The van der Waals surface area contributed by atoms with Gasteiger partial charge in [-0.15, -0.1) is 6.58 Å². The van der Waals surface area contributed by atoms with Crippen LogP contribution >= 0.6 is 11.7 Å². The maximum absolute atomic E-state index is 12.9. The average Bonchev–Trinajstić information content (AvgIpc) is 2.88.